The van der Waals surface area contributed by atoms with Gasteiger partial charge in [-0.3, -0.25) is 9.79 Å². The Labute approximate surface area is 124 Å². The van der Waals surface area contributed by atoms with Gasteiger partial charge in [-0.15, -0.1) is 0 Å². The van der Waals surface area contributed by atoms with E-state index in [-0.39, 0.29) is 6.61 Å². The number of aliphatic imine (C=N–C) groups is 1. The van der Waals surface area contributed by atoms with E-state index < -0.39 is 11.9 Å². The van der Waals surface area contributed by atoms with Gasteiger partial charge in [-0.05, 0) is 24.6 Å². The number of nitriles is 1. The molecule has 0 aliphatic rings. The second-order valence-electron chi connectivity index (χ2n) is 4.04. The van der Waals surface area contributed by atoms with Gasteiger partial charge in [-0.25, -0.2) is 0 Å². The lowest BCUT2D eigenvalue weighted by Crippen LogP contribution is -2.17. The number of esters is 1. The van der Waals surface area contributed by atoms with Crippen molar-refractivity contribution in [3.05, 3.63) is 23.8 Å². The van der Waals surface area contributed by atoms with E-state index in [1.807, 2.05) is 12.1 Å². The molecule has 6 nitrogen and oxygen atoms in total. The zero-order valence-corrected chi connectivity index (χ0v) is 12.3. The second-order valence-corrected chi connectivity index (χ2v) is 4.04. The van der Waals surface area contributed by atoms with Gasteiger partial charge in [0.05, 0.1) is 33.4 Å². The van der Waals surface area contributed by atoms with E-state index in [0.717, 1.165) is 5.56 Å². The Morgan fingerprint density at radius 1 is 1.38 bits per heavy atom. The van der Waals surface area contributed by atoms with Gasteiger partial charge in [0.1, 0.15) is 0 Å². The molecule has 1 atom stereocenters. The Hall–Kier alpha value is -2.55. The number of nitrogens with zero attached hydrogens (tertiary/aromatic N) is 2. The van der Waals surface area contributed by atoms with Crippen LogP contribution in [0.15, 0.2) is 23.2 Å². The molecule has 1 rings (SSSR count). The van der Waals surface area contributed by atoms with Crippen molar-refractivity contribution in [2.24, 2.45) is 10.9 Å². The molecule has 0 N–H and O–H groups in total. The van der Waals surface area contributed by atoms with Crippen molar-refractivity contribution in [2.45, 2.75) is 13.5 Å². The van der Waals surface area contributed by atoms with E-state index in [9.17, 15) is 4.79 Å². The van der Waals surface area contributed by atoms with Gasteiger partial charge in [0.2, 0.25) is 0 Å². The smallest absolute Gasteiger partial charge is 0.328 e. The number of hydrogen-bond acceptors (Lipinski definition) is 6. The molecule has 0 aromatic heterocycles. The second kappa shape index (κ2) is 8.59. The minimum atomic E-state index is -0.981. The Morgan fingerprint density at radius 3 is 2.67 bits per heavy atom. The van der Waals surface area contributed by atoms with Crippen LogP contribution in [0, 0.1) is 17.2 Å². The predicted octanol–water partition coefficient (Wildman–Crippen LogP) is 1.98. The Bertz CT molecular complexity index is 549. The first-order chi connectivity index (χ1) is 10.2. The largest absolute Gasteiger partial charge is 0.493 e. The number of carbonyl (C=O) groups is 1. The Morgan fingerprint density at radius 2 is 2.10 bits per heavy atom. The van der Waals surface area contributed by atoms with Crippen LogP contribution in [0.5, 0.6) is 11.5 Å². The molecular formula is C15H18N2O4. The van der Waals surface area contributed by atoms with Gasteiger partial charge >= 0.3 is 5.97 Å². The molecule has 21 heavy (non-hydrogen) atoms. The van der Waals surface area contributed by atoms with Crippen molar-refractivity contribution >= 4 is 12.2 Å². The lowest BCUT2D eigenvalue weighted by Gasteiger charge is -2.08. The van der Waals surface area contributed by atoms with Crippen LogP contribution in [-0.4, -0.2) is 33.0 Å². The zero-order chi connectivity index (χ0) is 15.7. The third-order valence-electron chi connectivity index (χ3n) is 2.66. The van der Waals surface area contributed by atoms with Crippen LogP contribution in [0.3, 0.4) is 0 Å². The number of methoxy groups -OCH3 is 2. The molecule has 0 radical (unpaired) electrons. The topological polar surface area (TPSA) is 80.9 Å². The molecule has 0 unspecified atom stereocenters. The molecule has 1 aromatic rings. The van der Waals surface area contributed by atoms with Crippen molar-refractivity contribution < 1.29 is 19.0 Å². The van der Waals surface area contributed by atoms with Crippen molar-refractivity contribution in [3.8, 4) is 17.6 Å². The lowest BCUT2D eigenvalue weighted by atomic mass is 10.2. The third kappa shape index (κ3) is 4.80. The van der Waals surface area contributed by atoms with Crippen LogP contribution in [-0.2, 0) is 16.1 Å². The molecule has 0 saturated heterocycles. The van der Waals surface area contributed by atoms with Crippen LogP contribution in [0.4, 0.5) is 0 Å². The maximum atomic E-state index is 11.4. The summed E-state index contributed by atoms with van der Waals surface area (Å²) in [6.45, 7) is 2.26. The highest BCUT2D eigenvalue weighted by atomic mass is 16.5. The summed E-state index contributed by atoms with van der Waals surface area (Å²) in [6, 6.07) is 7.25. The molecule has 1 aromatic carbocycles. The average Bonchev–Trinajstić information content (AvgIpc) is 2.51. The van der Waals surface area contributed by atoms with Crippen LogP contribution in [0.2, 0.25) is 0 Å². The van der Waals surface area contributed by atoms with Gasteiger partial charge in [0, 0.05) is 6.21 Å². The fourth-order valence-corrected chi connectivity index (χ4v) is 1.62. The standard InChI is InChI=1S/C15H18N2O4/c1-4-21-15(18)12(8-16)10-17-9-11-5-6-13(19-2)14(7-11)20-3/h5-7,10,12H,4,9H2,1-3H3/t12-/m1/s1. The molecule has 0 fully saturated rings. The summed E-state index contributed by atoms with van der Waals surface area (Å²) < 4.78 is 15.1. The van der Waals surface area contributed by atoms with E-state index >= 15 is 0 Å². The summed E-state index contributed by atoms with van der Waals surface area (Å²) in [5.41, 5.74) is 0.879. The summed E-state index contributed by atoms with van der Waals surface area (Å²) in [4.78, 5) is 15.5. The fourth-order valence-electron chi connectivity index (χ4n) is 1.62. The van der Waals surface area contributed by atoms with Gasteiger partial charge in [0.25, 0.3) is 0 Å². The summed E-state index contributed by atoms with van der Waals surface area (Å²) >= 11 is 0. The molecule has 0 heterocycles. The maximum Gasteiger partial charge on any atom is 0.328 e. The molecular weight excluding hydrogens is 272 g/mol. The van der Waals surface area contributed by atoms with Gasteiger partial charge in [0.15, 0.2) is 17.4 Å². The lowest BCUT2D eigenvalue weighted by molar-refractivity contribution is -0.143. The van der Waals surface area contributed by atoms with Crippen LogP contribution < -0.4 is 9.47 Å². The van der Waals surface area contributed by atoms with E-state index in [0.29, 0.717) is 18.0 Å². The quantitative estimate of drug-likeness (QED) is 0.566. The Kier molecular flexibility index (Phi) is 6.75. The minimum Gasteiger partial charge on any atom is -0.493 e. The first kappa shape index (κ1) is 16.5. The normalized spacial score (nSPS) is 11.7. The maximum absolute atomic E-state index is 11.4. The third-order valence-corrected chi connectivity index (χ3v) is 2.66. The monoisotopic (exact) mass is 290 g/mol. The van der Waals surface area contributed by atoms with E-state index in [4.69, 9.17) is 19.5 Å². The molecule has 0 bridgehead atoms. The van der Waals surface area contributed by atoms with Gasteiger partial charge in [-0.1, -0.05) is 6.07 Å². The fraction of sp³-hybridized carbons (Fsp3) is 0.400. The Balaban J connectivity index is 2.72. The van der Waals surface area contributed by atoms with Crippen molar-refractivity contribution in [2.75, 3.05) is 20.8 Å². The predicted molar refractivity (Wildman–Crippen MR) is 77.5 cm³/mol. The average molecular weight is 290 g/mol. The zero-order valence-electron chi connectivity index (χ0n) is 12.3. The number of hydrogen-bond donors (Lipinski definition) is 0. The molecule has 112 valence electrons. The van der Waals surface area contributed by atoms with Crippen LogP contribution >= 0.6 is 0 Å². The van der Waals surface area contributed by atoms with E-state index in [1.165, 1.54) is 6.21 Å². The van der Waals surface area contributed by atoms with Gasteiger partial charge in [-0.2, -0.15) is 5.26 Å². The highest BCUT2D eigenvalue weighted by Crippen LogP contribution is 2.27. The van der Waals surface area contributed by atoms with Crippen LogP contribution in [0.25, 0.3) is 0 Å². The van der Waals surface area contributed by atoms with Crippen molar-refractivity contribution in [1.29, 1.82) is 5.26 Å². The van der Waals surface area contributed by atoms with Crippen LogP contribution in [0.1, 0.15) is 12.5 Å². The molecule has 0 spiro atoms. The SMILES string of the molecule is CCOC(=O)[C@H](C#N)C=NCc1ccc(OC)c(OC)c1. The van der Waals surface area contributed by atoms with Crippen molar-refractivity contribution in [1.82, 2.24) is 0 Å². The number of benzene rings is 1. The summed E-state index contributed by atoms with van der Waals surface area (Å²) in [5, 5.41) is 8.89. The number of carbonyl (C=O) groups excluding carboxylic acids is 1. The summed E-state index contributed by atoms with van der Waals surface area (Å²) in [6.07, 6.45) is 1.30. The highest BCUT2D eigenvalue weighted by Gasteiger charge is 2.16. The first-order valence-electron chi connectivity index (χ1n) is 6.43. The number of ether oxygens (including phenoxy) is 3. The van der Waals surface area contributed by atoms with E-state index in [2.05, 4.69) is 4.99 Å². The van der Waals surface area contributed by atoms with Crippen molar-refractivity contribution in [3.63, 3.8) is 0 Å². The molecule has 6 heteroatoms. The molecule has 0 amide bonds. The van der Waals surface area contributed by atoms with E-state index in [1.54, 1.807) is 33.3 Å². The highest BCUT2D eigenvalue weighted by molar-refractivity contribution is 5.92. The number of rotatable bonds is 7. The minimum absolute atomic E-state index is 0.237. The summed E-state index contributed by atoms with van der Waals surface area (Å²) in [7, 11) is 3.11. The first-order valence-corrected chi connectivity index (χ1v) is 6.43. The summed E-state index contributed by atoms with van der Waals surface area (Å²) in [5.74, 6) is -0.333. The molecule has 0 aliphatic heterocycles. The van der Waals surface area contributed by atoms with Gasteiger partial charge < -0.3 is 14.2 Å². The molecule has 0 aliphatic carbocycles. The molecule has 0 saturated carbocycles.